The van der Waals surface area contributed by atoms with Gasteiger partial charge in [0.25, 0.3) is 5.91 Å². The first-order valence-electron chi connectivity index (χ1n) is 8.07. The molecule has 0 radical (unpaired) electrons. The molecule has 2 N–H and O–H groups in total. The van der Waals surface area contributed by atoms with Gasteiger partial charge in [0.05, 0.1) is 13.2 Å². The molecule has 23 heavy (non-hydrogen) atoms. The van der Waals surface area contributed by atoms with E-state index in [1.807, 2.05) is 6.92 Å². The fourth-order valence-electron chi connectivity index (χ4n) is 2.56. The molecule has 1 heterocycles. The molecular weight excluding hydrogens is 294 g/mol. The van der Waals surface area contributed by atoms with Gasteiger partial charge in [-0.05, 0) is 64.2 Å². The standard InChI is InChI=1S/C17H25N3O3/c1-3-23-15-6-4-13(5-7-15)17(22)18-12-16(21)19-14-8-10-20(2)11-9-14/h4-7,14H,3,8-12H2,1-2H3,(H,18,22)(H,19,21). The van der Waals surface area contributed by atoms with Gasteiger partial charge >= 0.3 is 0 Å². The van der Waals surface area contributed by atoms with E-state index < -0.39 is 0 Å². The van der Waals surface area contributed by atoms with Crippen LogP contribution < -0.4 is 15.4 Å². The smallest absolute Gasteiger partial charge is 0.251 e. The van der Waals surface area contributed by atoms with Gasteiger partial charge < -0.3 is 20.3 Å². The molecule has 1 aliphatic heterocycles. The summed E-state index contributed by atoms with van der Waals surface area (Å²) in [5, 5.41) is 5.62. The Labute approximate surface area is 137 Å². The molecule has 0 spiro atoms. The van der Waals surface area contributed by atoms with Gasteiger partial charge in [0, 0.05) is 11.6 Å². The highest BCUT2D eigenvalue weighted by atomic mass is 16.5. The maximum absolute atomic E-state index is 12.0. The van der Waals surface area contributed by atoms with Crippen LogP contribution in [0.15, 0.2) is 24.3 Å². The summed E-state index contributed by atoms with van der Waals surface area (Å²) in [6.45, 7) is 4.47. The fraction of sp³-hybridized carbons (Fsp3) is 0.529. The lowest BCUT2D eigenvalue weighted by molar-refractivity contribution is -0.121. The van der Waals surface area contributed by atoms with Gasteiger partial charge in [0.2, 0.25) is 5.91 Å². The van der Waals surface area contributed by atoms with Gasteiger partial charge in [-0.3, -0.25) is 9.59 Å². The number of ether oxygens (including phenoxy) is 1. The molecule has 6 heteroatoms. The molecule has 1 fully saturated rings. The summed E-state index contributed by atoms with van der Waals surface area (Å²) in [5.74, 6) is 0.328. The van der Waals surface area contributed by atoms with E-state index in [4.69, 9.17) is 4.74 Å². The summed E-state index contributed by atoms with van der Waals surface area (Å²) >= 11 is 0. The van der Waals surface area contributed by atoms with E-state index in [2.05, 4.69) is 22.6 Å². The van der Waals surface area contributed by atoms with Crippen LogP contribution in [0.25, 0.3) is 0 Å². The number of nitrogens with zero attached hydrogens (tertiary/aromatic N) is 1. The van der Waals surface area contributed by atoms with Crippen LogP contribution >= 0.6 is 0 Å². The Balaban J connectivity index is 1.73. The van der Waals surface area contributed by atoms with Gasteiger partial charge in [-0.25, -0.2) is 0 Å². The quantitative estimate of drug-likeness (QED) is 0.821. The maximum atomic E-state index is 12.0. The van der Waals surface area contributed by atoms with Crippen molar-refractivity contribution in [3.05, 3.63) is 29.8 Å². The van der Waals surface area contributed by atoms with Crippen molar-refractivity contribution in [2.45, 2.75) is 25.8 Å². The molecule has 1 aromatic carbocycles. The molecule has 0 bridgehead atoms. The molecule has 1 aliphatic rings. The highest BCUT2D eigenvalue weighted by Gasteiger charge is 2.18. The molecular formula is C17H25N3O3. The van der Waals surface area contributed by atoms with E-state index in [9.17, 15) is 9.59 Å². The maximum Gasteiger partial charge on any atom is 0.251 e. The van der Waals surface area contributed by atoms with Gasteiger partial charge in [-0.1, -0.05) is 0 Å². The van der Waals surface area contributed by atoms with E-state index in [1.54, 1.807) is 24.3 Å². The van der Waals surface area contributed by atoms with Crippen molar-refractivity contribution in [2.24, 2.45) is 0 Å². The molecule has 0 aromatic heterocycles. The Bertz CT molecular complexity index is 522. The van der Waals surface area contributed by atoms with Crippen LogP contribution in [0.2, 0.25) is 0 Å². The van der Waals surface area contributed by atoms with E-state index in [0.29, 0.717) is 12.2 Å². The van der Waals surface area contributed by atoms with Crippen molar-refractivity contribution in [2.75, 3.05) is 33.3 Å². The number of likely N-dealkylation sites (tertiary alicyclic amines) is 1. The number of hydrogen-bond acceptors (Lipinski definition) is 4. The Kier molecular flexibility index (Phi) is 6.40. The zero-order chi connectivity index (χ0) is 16.7. The van der Waals surface area contributed by atoms with E-state index >= 15 is 0 Å². The number of carbonyl (C=O) groups is 2. The monoisotopic (exact) mass is 319 g/mol. The van der Waals surface area contributed by atoms with Crippen molar-refractivity contribution >= 4 is 11.8 Å². The van der Waals surface area contributed by atoms with Crippen molar-refractivity contribution in [1.82, 2.24) is 15.5 Å². The predicted molar refractivity (Wildman–Crippen MR) is 88.6 cm³/mol. The van der Waals surface area contributed by atoms with Crippen LogP contribution in [0.3, 0.4) is 0 Å². The van der Waals surface area contributed by atoms with Crippen LogP contribution in [0.4, 0.5) is 0 Å². The molecule has 1 aromatic rings. The number of benzene rings is 1. The first kappa shape index (κ1) is 17.3. The number of piperidine rings is 1. The topological polar surface area (TPSA) is 70.7 Å². The summed E-state index contributed by atoms with van der Waals surface area (Å²) in [6, 6.07) is 7.08. The van der Waals surface area contributed by atoms with Crippen molar-refractivity contribution in [1.29, 1.82) is 0 Å². The van der Waals surface area contributed by atoms with Crippen molar-refractivity contribution in [3.63, 3.8) is 0 Å². The molecule has 0 aliphatic carbocycles. The summed E-state index contributed by atoms with van der Waals surface area (Å²) in [6.07, 6.45) is 1.91. The van der Waals surface area contributed by atoms with Crippen molar-refractivity contribution in [3.8, 4) is 5.75 Å². The minimum absolute atomic E-state index is 0.00160. The van der Waals surface area contributed by atoms with Crippen molar-refractivity contribution < 1.29 is 14.3 Å². The lowest BCUT2D eigenvalue weighted by Crippen LogP contribution is -2.46. The van der Waals surface area contributed by atoms with Gasteiger partial charge in [-0.2, -0.15) is 0 Å². The average Bonchev–Trinajstić information content (AvgIpc) is 2.56. The zero-order valence-electron chi connectivity index (χ0n) is 13.8. The van der Waals surface area contributed by atoms with Gasteiger partial charge in [0.1, 0.15) is 5.75 Å². The molecule has 6 nitrogen and oxygen atoms in total. The minimum Gasteiger partial charge on any atom is -0.494 e. The Hall–Kier alpha value is -2.08. The fourth-order valence-corrected chi connectivity index (χ4v) is 2.56. The predicted octanol–water partition coefficient (Wildman–Crippen LogP) is 1.03. The molecule has 2 rings (SSSR count). The number of carbonyl (C=O) groups excluding carboxylic acids is 2. The van der Waals surface area contributed by atoms with Gasteiger partial charge in [-0.15, -0.1) is 0 Å². The van der Waals surface area contributed by atoms with E-state index in [0.717, 1.165) is 31.7 Å². The van der Waals surface area contributed by atoms with Gasteiger partial charge in [0.15, 0.2) is 0 Å². The minimum atomic E-state index is -0.258. The van der Waals surface area contributed by atoms with Crippen LogP contribution in [-0.2, 0) is 4.79 Å². The first-order chi connectivity index (χ1) is 11.1. The lowest BCUT2D eigenvalue weighted by atomic mass is 10.1. The lowest BCUT2D eigenvalue weighted by Gasteiger charge is -2.29. The first-order valence-corrected chi connectivity index (χ1v) is 8.07. The molecule has 2 amide bonds. The normalized spacial score (nSPS) is 15.9. The highest BCUT2D eigenvalue weighted by Crippen LogP contribution is 2.12. The SMILES string of the molecule is CCOc1ccc(C(=O)NCC(=O)NC2CCN(C)CC2)cc1. The number of nitrogens with one attached hydrogen (secondary N) is 2. The molecule has 126 valence electrons. The third kappa shape index (κ3) is 5.56. The Morgan fingerprint density at radius 3 is 2.48 bits per heavy atom. The number of rotatable bonds is 6. The summed E-state index contributed by atoms with van der Waals surface area (Å²) < 4.78 is 5.33. The third-order valence-electron chi connectivity index (χ3n) is 3.92. The molecule has 1 saturated heterocycles. The Morgan fingerprint density at radius 1 is 1.22 bits per heavy atom. The van der Waals surface area contributed by atoms with Crippen LogP contribution in [0, 0.1) is 0 Å². The largest absolute Gasteiger partial charge is 0.494 e. The number of hydrogen-bond donors (Lipinski definition) is 2. The number of amides is 2. The highest BCUT2D eigenvalue weighted by molar-refractivity contribution is 5.96. The summed E-state index contributed by atoms with van der Waals surface area (Å²) in [5.41, 5.74) is 0.514. The third-order valence-corrected chi connectivity index (χ3v) is 3.92. The second-order valence-electron chi connectivity index (χ2n) is 5.79. The van der Waals surface area contributed by atoms with Crippen LogP contribution in [0.1, 0.15) is 30.1 Å². The van der Waals surface area contributed by atoms with Crippen LogP contribution in [0.5, 0.6) is 5.75 Å². The molecule has 0 saturated carbocycles. The van der Waals surface area contributed by atoms with E-state index in [-0.39, 0.29) is 24.4 Å². The zero-order valence-corrected chi connectivity index (χ0v) is 13.8. The Morgan fingerprint density at radius 2 is 1.87 bits per heavy atom. The average molecular weight is 319 g/mol. The summed E-state index contributed by atoms with van der Waals surface area (Å²) in [4.78, 5) is 26.2. The van der Waals surface area contributed by atoms with E-state index in [1.165, 1.54) is 0 Å². The molecule has 0 unspecified atom stereocenters. The second kappa shape index (κ2) is 8.53. The second-order valence-corrected chi connectivity index (χ2v) is 5.79. The summed E-state index contributed by atoms with van der Waals surface area (Å²) in [7, 11) is 2.08. The molecule has 0 atom stereocenters. The van der Waals surface area contributed by atoms with Crippen LogP contribution in [-0.4, -0.2) is 56.0 Å².